The third-order valence-corrected chi connectivity index (χ3v) is 7.19. The molecule has 3 rings (SSSR count). The second-order valence-corrected chi connectivity index (χ2v) is 9.73. The maximum Gasteiger partial charge on any atom is 0.266 e. The lowest BCUT2D eigenvalue weighted by Gasteiger charge is -2.20. The topological polar surface area (TPSA) is 59.1 Å². The van der Waals surface area contributed by atoms with Gasteiger partial charge in [-0.2, -0.15) is 0 Å². The minimum atomic E-state index is -0.0598. The van der Waals surface area contributed by atoms with Crippen LogP contribution in [0.5, 0.6) is 11.5 Å². The fourth-order valence-corrected chi connectivity index (χ4v) is 5.30. The van der Waals surface area contributed by atoms with E-state index in [1.54, 1.807) is 19.1 Å². The molecule has 1 aromatic rings. The highest BCUT2D eigenvalue weighted by Gasteiger charge is 2.31. The van der Waals surface area contributed by atoms with Crippen molar-refractivity contribution in [3.63, 3.8) is 0 Å². The van der Waals surface area contributed by atoms with Crippen LogP contribution in [-0.4, -0.2) is 59.8 Å². The molecule has 0 unspecified atom stereocenters. The standard InChI is InChI=1S/C24H32N2O4S2/c1-29-19-12-11-18(16-20(19)30-2)17-21-23(28)26(24(31)32-21)15-9-5-6-10-22(27)25-13-7-3-4-8-14-25/h11-12,16-17H,3-10,13-15H2,1-2H3. The summed E-state index contributed by atoms with van der Waals surface area (Å²) >= 11 is 6.76. The highest BCUT2D eigenvalue weighted by atomic mass is 32.2. The molecule has 0 saturated carbocycles. The number of ether oxygens (including phenoxy) is 2. The van der Waals surface area contributed by atoms with Gasteiger partial charge >= 0.3 is 0 Å². The van der Waals surface area contributed by atoms with Gasteiger partial charge < -0.3 is 14.4 Å². The molecule has 0 atom stereocenters. The van der Waals surface area contributed by atoms with Gasteiger partial charge in [0.1, 0.15) is 4.32 Å². The van der Waals surface area contributed by atoms with E-state index in [9.17, 15) is 9.59 Å². The van der Waals surface area contributed by atoms with Crippen molar-refractivity contribution in [3.8, 4) is 11.5 Å². The molecule has 0 N–H and O–H groups in total. The maximum atomic E-state index is 12.8. The summed E-state index contributed by atoms with van der Waals surface area (Å²) in [6.45, 7) is 2.40. The number of thiocarbonyl (C=S) groups is 1. The van der Waals surface area contributed by atoms with Gasteiger partial charge in [-0.05, 0) is 49.5 Å². The summed E-state index contributed by atoms with van der Waals surface area (Å²) in [6.07, 6.45) is 9.73. The summed E-state index contributed by atoms with van der Waals surface area (Å²) in [5, 5.41) is 0. The molecular weight excluding hydrogens is 444 g/mol. The quantitative estimate of drug-likeness (QED) is 0.288. The largest absolute Gasteiger partial charge is 0.493 e. The van der Waals surface area contributed by atoms with Crippen LogP contribution in [0.4, 0.5) is 0 Å². The number of methoxy groups -OCH3 is 2. The summed E-state index contributed by atoms with van der Waals surface area (Å²) in [6, 6.07) is 5.54. The molecule has 6 nitrogen and oxygen atoms in total. The molecule has 1 aromatic carbocycles. The minimum Gasteiger partial charge on any atom is -0.493 e. The van der Waals surface area contributed by atoms with Crippen molar-refractivity contribution < 1.29 is 19.1 Å². The van der Waals surface area contributed by atoms with Crippen molar-refractivity contribution in [1.29, 1.82) is 0 Å². The molecule has 2 heterocycles. The number of unbranched alkanes of at least 4 members (excludes halogenated alkanes) is 2. The zero-order valence-electron chi connectivity index (χ0n) is 18.9. The van der Waals surface area contributed by atoms with Crippen LogP contribution >= 0.6 is 24.0 Å². The lowest BCUT2D eigenvalue weighted by molar-refractivity contribution is -0.131. The van der Waals surface area contributed by atoms with E-state index in [2.05, 4.69) is 0 Å². The number of nitrogens with zero attached hydrogens (tertiary/aromatic N) is 2. The van der Waals surface area contributed by atoms with E-state index >= 15 is 0 Å². The lowest BCUT2D eigenvalue weighted by Crippen LogP contribution is -2.31. The van der Waals surface area contributed by atoms with E-state index in [1.807, 2.05) is 29.2 Å². The average molecular weight is 477 g/mol. The Balaban J connectivity index is 1.46. The molecule has 2 fully saturated rings. The van der Waals surface area contributed by atoms with E-state index in [0.717, 1.165) is 50.8 Å². The van der Waals surface area contributed by atoms with Gasteiger partial charge in [0, 0.05) is 26.1 Å². The Morgan fingerprint density at radius 2 is 1.78 bits per heavy atom. The number of hydrogen-bond acceptors (Lipinski definition) is 6. The number of hydrogen-bond donors (Lipinski definition) is 0. The van der Waals surface area contributed by atoms with Crippen molar-refractivity contribution in [2.45, 2.75) is 51.4 Å². The fraction of sp³-hybridized carbons (Fsp3) is 0.542. The lowest BCUT2D eigenvalue weighted by atomic mass is 10.1. The Bertz CT molecular complexity index is 864. The van der Waals surface area contributed by atoms with Gasteiger partial charge in [-0.3, -0.25) is 14.5 Å². The van der Waals surface area contributed by atoms with E-state index < -0.39 is 0 Å². The molecule has 174 valence electrons. The van der Waals surface area contributed by atoms with Crippen molar-refractivity contribution in [1.82, 2.24) is 9.80 Å². The number of benzene rings is 1. The van der Waals surface area contributed by atoms with Crippen molar-refractivity contribution in [2.24, 2.45) is 0 Å². The minimum absolute atomic E-state index is 0.0598. The second kappa shape index (κ2) is 12.3. The van der Waals surface area contributed by atoms with Crippen LogP contribution in [0.15, 0.2) is 23.1 Å². The van der Waals surface area contributed by atoms with Gasteiger partial charge in [0.05, 0.1) is 19.1 Å². The highest BCUT2D eigenvalue weighted by molar-refractivity contribution is 8.26. The Kier molecular flexibility index (Phi) is 9.41. The van der Waals surface area contributed by atoms with E-state index in [-0.39, 0.29) is 11.8 Å². The van der Waals surface area contributed by atoms with Crippen LogP contribution in [0.25, 0.3) is 6.08 Å². The zero-order chi connectivity index (χ0) is 22.9. The predicted molar refractivity (Wildman–Crippen MR) is 133 cm³/mol. The first-order valence-electron chi connectivity index (χ1n) is 11.3. The van der Waals surface area contributed by atoms with Crippen LogP contribution in [0.3, 0.4) is 0 Å². The molecule has 2 aliphatic heterocycles. The molecule has 32 heavy (non-hydrogen) atoms. The molecule has 0 spiro atoms. The molecule has 8 heteroatoms. The van der Waals surface area contributed by atoms with Crippen molar-refractivity contribution >= 4 is 46.2 Å². The average Bonchev–Trinajstić information content (AvgIpc) is 2.98. The number of carbonyl (C=O) groups is 2. The fourth-order valence-electron chi connectivity index (χ4n) is 3.99. The Morgan fingerprint density at radius 1 is 1.06 bits per heavy atom. The molecule has 0 radical (unpaired) electrons. The molecule has 0 bridgehead atoms. The zero-order valence-corrected chi connectivity index (χ0v) is 20.6. The van der Waals surface area contributed by atoms with Gasteiger partial charge in [0.15, 0.2) is 11.5 Å². The van der Waals surface area contributed by atoms with Gasteiger partial charge in [0.25, 0.3) is 5.91 Å². The molecule has 2 saturated heterocycles. The smallest absolute Gasteiger partial charge is 0.266 e. The summed E-state index contributed by atoms with van der Waals surface area (Å²) < 4.78 is 11.2. The highest BCUT2D eigenvalue weighted by Crippen LogP contribution is 2.34. The predicted octanol–water partition coefficient (Wildman–Crippen LogP) is 4.87. The monoisotopic (exact) mass is 476 g/mol. The first-order valence-corrected chi connectivity index (χ1v) is 12.5. The molecule has 2 amide bonds. The first-order chi connectivity index (χ1) is 15.5. The third kappa shape index (κ3) is 6.48. The SMILES string of the molecule is COc1ccc(C=C2SC(=S)N(CCCCCC(=O)N3CCCCCC3)C2=O)cc1OC. The summed E-state index contributed by atoms with van der Waals surface area (Å²) in [5.41, 5.74) is 0.857. The first kappa shape index (κ1) is 24.6. The van der Waals surface area contributed by atoms with Crippen LogP contribution in [-0.2, 0) is 9.59 Å². The van der Waals surface area contributed by atoms with E-state index in [0.29, 0.717) is 33.7 Å². The van der Waals surface area contributed by atoms with E-state index in [1.165, 1.54) is 24.6 Å². The van der Waals surface area contributed by atoms with Crippen molar-refractivity contribution in [3.05, 3.63) is 28.7 Å². The van der Waals surface area contributed by atoms with Gasteiger partial charge in [0.2, 0.25) is 5.91 Å². The Hall–Kier alpha value is -2.06. The number of thioether (sulfide) groups is 1. The Morgan fingerprint density at radius 3 is 2.47 bits per heavy atom. The third-order valence-electron chi connectivity index (χ3n) is 5.81. The van der Waals surface area contributed by atoms with Crippen molar-refractivity contribution in [2.75, 3.05) is 33.9 Å². The van der Waals surface area contributed by atoms with Gasteiger partial charge in [-0.1, -0.05) is 49.3 Å². The molecule has 0 aromatic heterocycles. The summed E-state index contributed by atoms with van der Waals surface area (Å²) in [5.74, 6) is 1.48. The normalized spacial score (nSPS) is 18.2. The number of likely N-dealkylation sites (tertiary alicyclic amines) is 1. The summed E-state index contributed by atoms with van der Waals surface area (Å²) in [4.78, 5) is 29.5. The van der Waals surface area contributed by atoms with Gasteiger partial charge in [-0.15, -0.1) is 0 Å². The van der Waals surface area contributed by atoms with Crippen LogP contribution in [0.2, 0.25) is 0 Å². The Labute approximate surface area is 200 Å². The molecule has 2 aliphatic rings. The van der Waals surface area contributed by atoms with Crippen LogP contribution in [0.1, 0.15) is 56.9 Å². The van der Waals surface area contributed by atoms with Crippen LogP contribution in [0, 0.1) is 0 Å². The second-order valence-electron chi connectivity index (χ2n) is 8.05. The molecular formula is C24H32N2O4S2. The number of rotatable bonds is 9. The van der Waals surface area contributed by atoms with Gasteiger partial charge in [-0.25, -0.2) is 0 Å². The van der Waals surface area contributed by atoms with E-state index in [4.69, 9.17) is 21.7 Å². The number of amides is 2. The maximum absolute atomic E-state index is 12.8. The number of carbonyl (C=O) groups excluding carboxylic acids is 2. The molecule has 0 aliphatic carbocycles. The summed E-state index contributed by atoms with van der Waals surface area (Å²) in [7, 11) is 3.18. The van der Waals surface area contributed by atoms with Crippen LogP contribution < -0.4 is 9.47 Å².